The van der Waals surface area contributed by atoms with E-state index in [-0.39, 0.29) is 0 Å². The minimum absolute atomic E-state index is 0.351. The maximum Gasteiger partial charge on any atom is 0.115 e. The van der Waals surface area contributed by atoms with E-state index in [0.717, 1.165) is 17.9 Å². The molecule has 1 aliphatic heterocycles. The molecule has 6 aliphatic rings. The molecule has 1 saturated heterocycles. The highest BCUT2D eigenvalue weighted by atomic mass is 16.3. The van der Waals surface area contributed by atoms with Crippen molar-refractivity contribution in [2.24, 2.45) is 22.7 Å². The van der Waals surface area contributed by atoms with Crippen LogP contribution in [-0.2, 0) is 11.8 Å². The molecule has 5 aliphatic carbocycles. The van der Waals surface area contributed by atoms with Crippen LogP contribution in [0.2, 0.25) is 0 Å². The highest BCUT2D eigenvalue weighted by molar-refractivity contribution is 5.63. The Morgan fingerprint density at radius 2 is 2.08 bits per heavy atom. The van der Waals surface area contributed by atoms with Crippen LogP contribution in [0.4, 0.5) is 0 Å². The zero-order chi connectivity index (χ0) is 17.3. The fourth-order valence-electron chi connectivity index (χ4n) is 9.14. The van der Waals surface area contributed by atoms with E-state index in [1.807, 2.05) is 6.07 Å². The summed E-state index contributed by atoms with van der Waals surface area (Å²) in [5, 5.41) is 14.0. The molecule has 1 heterocycles. The number of aromatic hydroxyl groups is 1. The van der Waals surface area contributed by atoms with Crippen molar-refractivity contribution >= 4 is 0 Å². The van der Waals surface area contributed by atoms with Crippen molar-refractivity contribution in [2.45, 2.75) is 62.4 Å². The van der Waals surface area contributed by atoms with Gasteiger partial charge >= 0.3 is 0 Å². The third kappa shape index (κ3) is 1.34. The van der Waals surface area contributed by atoms with Crippen LogP contribution < -0.4 is 5.32 Å². The van der Waals surface area contributed by atoms with Gasteiger partial charge in [-0.05, 0) is 87.1 Å². The van der Waals surface area contributed by atoms with Gasteiger partial charge in [0.15, 0.2) is 0 Å². The van der Waals surface area contributed by atoms with E-state index < -0.39 is 0 Å². The van der Waals surface area contributed by atoms with Crippen LogP contribution in [0.5, 0.6) is 5.75 Å². The van der Waals surface area contributed by atoms with E-state index in [1.54, 1.807) is 5.56 Å². The van der Waals surface area contributed by atoms with Crippen LogP contribution in [-0.4, -0.2) is 42.2 Å². The van der Waals surface area contributed by atoms with E-state index in [1.165, 1.54) is 63.6 Å². The molecule has 5 fully saturated rings. The predicted molar refractivity (Wildman–Crippen MR) is 101 cm³/mol. The molecule has 6 atom stereocenters. The van der Waals surface area contributed by atoms with Gasteiger partial charge in [-0.1, -0.05) is 6.07 Å². The van der Waals surface area contributed by atoms with Crippen molar-refractivity contribution in [3.8, 4) is 5.75 Å². The standard InChI is InChI=1S/C23H30N2O/c1-24-19-11-22-18-8-17(26)6-4-15(18)9-21(22)13-25(12-14-2-3-14)20-7-5-16(19)10-23(20,21)22/h4,6,8,14,16,19-20,24,26H,2-3,5,7,9-13H2,1H3/t16?,19-,20?,21?,22?,23?/m0/s1. The molecule has 26 heavy (non-hydrogen) atoms. The van der Waals surface area contributed by atoms with Crippen LogP contribution >= 0.6 is 0 Å². The van der Waals surface area contributed by atoms with Gasteiger partial charge in [0.1, 0.15) is 5.75 Å². The van der Waals surface area contributed by atoms with Gasteiger partial charge in [0, 0.05) is 41.4 Å². The second kappa shape index (κ2) is 4.33. The molecule has 7 rings (SSSR count). The van der Waals surface area contributed by atoms with Gasteiger partial charge in [-0.25, -0.2) is 0 Å². The first-order chi connectivity index (χ1) is 12.6. The van der Waals surface area contributed by atoms with Gasteiger partial charge in [0.05, 0.1) is 0 Å². The number of piperidine rings is 1. The molecule has 3 heteroatoms. The molecule has 3 nitrogen and oxygen atoms in total. The molecule has 4 saturated carbocycles. The number of likely N-dealkylation sites (tertiary alicyclic amines) is 1. The maximum absolute atomic E-state index is 10.3. The van der Waals surface area contributed by atoms with Gasteiger partial charge in [-0.3, -0.25) is 4.90 Å². The molecule has 5 unspecified atom stereocenters. The Bertz CT molecular complexity index is 818. The largest absolute Gasteiger partial charge is 0.508 e. The zero-order valence-electron chi connectivity index (χ0n) is 15.8. The molecule has 3 spiro atoms. The lowest BCUT2D eigenvalue weighted by Crippen LogP contribution is -2.54. The van der Waals surface area contributed by atoms with Gasteiger partial charge in [-0.2, -0.15) is 0 Å². The smallest absolute Gasteiger partial charge is 0.115 e. The van der Waals surface area contributed by atoms with Crippen molar-refractivity contribution in [1.82, 2.24) is 10.2 Å². The minimum Gasteiger partial charge on any atom is -0.508 e. The molecular weight excluding hydrogens is 320 g/mol. The summed E-state index contributed by atoms with van der Waals surface area (Å²) in [4.78, 5) is 2.94. The van der Waals surface area contributed by atoms with Crippen LogP contribution in [0.3, 0.4) is 0 Å². The Hall–Kier alpha value is -1.06. The molecule has 2 N–H and O–H groups in total. The number of fused-ring (bicyclic) bond motifs is 2. The van der Waals surface area contributed by atoms with Gasteiger partial charge in [0.25, 0.3) is 0 Å². The van der Waals surface area contributed by atoms with E-state index in [2.05, 4.69) is 29.4 Å². The summed E-state index contributed by atoms with van der Waals surface area (Å²) in [6, 6.07) is 7.78. The summed E-state index contributed by atoms with van der Waals surface area (Å²) >= 11 is 0. The number of phenols is 1. The number of rotatable bonds is 3. The van der Waals surface area contributed by atoms with E-state index >= 15 is 0 Å². The molecule has 2 bridgehead atoms. The van der Waals surface area contributed by atoms with Gasteiger partial charge < -0.3 is 10.4 Å². The van der Waals surface area contributed by atoms with Crippen LogP contribution in [0, 0.1) is 22.7 Å². The number of nitrogens with zero attached hydrogens (tertiary/aromatic N) is 1. The summed E-state index contributed by atoms with van der Waals surface area (Å²) in [6.45, 7) is 2.69. The lowest BCUT2D eigenvalue weighted by atomic mass is 9.60. The second-order valence-electron chi connectivity index (χ2n) is 10.5. The first-order valence-electron chi connectivity index (χ1n) is 10.9. The normalized spacial score (nSPS) is 50.3. The van der Waals surface area contributed by atoms with Crippen LogP contribution in [0.1, 0.15) is 49.7 Å². The van der Waals surface area contributed by atoms with Crippen molar-refractivity contribution in [2.75, 3.05) is 20.1 Å². The summed E-state index contributed by atoms with van der Waals surface area (Å²) in [5.41, 5.74) is 4.42. The lowest BCUT2D eigenvalue weighted by molar-refractivity contribution is 0.0338. The first-order valence-corrected chi connectivity index (χ1v) is 10.9. The molecular formula is C23H30N2O. The quantitative estimate of drug-likeness (QED) is 0.879. The number of hydrogen-bond donors (Lipinski definition) is 2. The lowest BCUT2D eigenvalue weighted by Gasteiger charge is -2.51. The maximum atomic E-state index is 10.3. The summed E-state index contributed by atoms with van der Waals surface area (Å²) in [7, 11) is 2.17. The molecule has 0 aromatic heterocycles. The van der Waals surface area contributed by atoms with E-state index in [9.17, 15) is 5.11 Å². The average Bonchev–Trinajstić information content (AvgIpc) is 3.47. The summed E-state index contributed by atoms with van der Waals surface area (Å²) in [5.74, 6) is 2.33. The van der Waals surface area contributed by atoms with E-state index in [4.69, 9.17) is 0 Å². The van der Waals surface area contributed by atoms with Gasteiger partial charge in [-0.15, -0.1) is 0 Å². The molecule has 0 radical (unpaired) electrons. The van der Waals surface area contributed by atoms with Crippen LogP contribution in [0.25, 0.3) is 0 Å². The average molecular weight is 351 g/mol. The number of phenolic OH excluding ortho intramolecular Hbond substituents is 1. The number of benzene rings is 1. The first kappa shape index (κ1) is 14.9. The van der Waals surface area contributed by atoms with Crippen LogP contribution in [0.15, 0.2) is 18.2 Å². The Balaban J connectivity index is 1.40. The third-order valence-electron chi connectivity index (χ3n) is 9.95. The Labute approximate surface area is 156 Å². The molecule has 138 valence electrons. The monoisotopic (exact) mass is 350 g/mol. The third-order valence-corrected chi connectivity index (χ3v) is 9.95. The van der Waals surface area contributed by atoms with E-state index in [0.29, 0.717) is 28.0 Å². The number of nitrogens with one attached hydrogen (secondary N) is 1. The van der Waals surface area contributed by atoms with Crippen molar-refractivity contribution in [3.05, 3.63) is 29.3 Å². The molecule has 1 aromatic carbocycles. The Morgan fingerprint density at radius 1 is 1.19 bits per heavy atom. The summed E-state index contributed by atoms with van der Waals surface area (Å²) < 4.78 is 0. The van der Waals surface area contributed by atoms with Gasteiger partial charge in [0.2, 0.25) is 0 Å². The minimum atomic E-state index is 0.351. The highest BCUT2D eigenvalue weighted by Gasteiger charge is 2.95. The van der Waals surface area contributed by atoms with Crippen molar-refractivity contribution < 1.29 is 5.11 Å². The Kier molecular flexibility index (Phi) is 2.49. The predicted octanol–water partition coefficient (Wildman–Crippen LogP) is 3.06. The SMILES string of the molecule is CN[C@H]1CC23c4cc(O)ccc4CC24CN(CC2CC2)C2CCC1CC243. The van der Waals surface area contributed by atoms with Crippen molar-refractivity contribution in [3.63, 3.8) is 0 Å². The fourth-order valence-corrected chi connectivity index (χ4v) is 9.14. The Morgan fingerprint density at radius 3 is 2.88 bits per heavy atom. The van der Waals surface area contributed by atoms with Crippen molar-refractivity contribution in [1.29, 1.82) is 0 Å². The molecule has 0 amide bonds. The molecule has 1 aromatic rings. The fraction of sp³-hybridized carbons (Fsp3) is 0.739. The number of hydrogen-bond acceptors (Lipinski definition) is 3. The zero-order valence-corrected chi connectivity index (χ0v) is 15.8. The summed E-state index contributed by atoms with van der Waals surface area (Å²) in [6.07, 6.45) is 9.76. The topological polar surface area (TPSA) is 35.5 Å². The second-order valence-corrected chi connectivity index (χ2v) is 10.5. The highest BCUT2D eigenvalue weighted by Crippen LogP contribution is 2.93.